The van der Waals surface area contributed by atoms with E-state index >= 15 is 0 Å². The molecule has 1 aromatic heterocycles. The molecule has 26 heavy (non-hydrogen) atoms. The number of alkyl halides is 3. The largest absolute Gasteiger partial charge is 0.489 e. The molecular formula is C18H22F3N3O2. The van der Waals surface area contributed by atoms with E-state index in [1.807, 2.05) is 0 Å². The number of likely N-dealkylation sites (tertiary alicyclic amines) is 1. The molecule has 2 aromatic rings. The van der Waals surface area contributed by atoms with Crippen LogP contribution in [0.4, 0.5) is 13.2 Å². The molecule has 1 aromatic carbocycles. The summed E-state index contributed by atoms with van der Waals surface area (Å²) in [6, 6.07) is 3.85. The highest BCUT2D eigenvalue weighted by Gasteiger charge is 2.37. The summed E-state index contributed by atoms with van der Waals surface area (Å²) >= 11 is 0. The van der Waals surface area contributed by atoms with Gasteiger partial charge in [-0.05, 0) is 45.7 Å². The molecular weight excluding hydrogens is 347 g/mol. The van der Waals surface area contributed by atoms with Crippen molar-refractivity contribution in [1.29, 1.82) is 0 Å². The number of hydrogen-bond acceptors (Lipinski definition) is 5. The van der Waals surface area contributed by atoms with Gasteiger partial charge in [-0.2, -0.15) is 13.2 Å². The highest BCUT2D eigenvalue weighted by Crippen LogP contribution is 2.42. The average Bonchev–Trinajstić information content (AvgIpc) is 3.07. The van der Waals surface area contributed by atoms with Crippen LogP contribution >= 0.6 is 0 Å². The first-order chi connectivity index (χ1) is 12.2. The van der Waals surface area contributed by atoms with Crippen molar-refractivity contribution in [3.8, 4) is 17.2 Å². The van der Waals surface area contributed by atoms with Gasteiger partial charge in [-0.15, -0.1) is 10.2 Å². The van der Waals surface area contributed by atoms with Gasteiger partial charge in [0, 0.05) is 18.6 Å². The zero-order chi connectivity index (χ0) is 18.9. The van der Waals surface area contributed by atoms with Crippen LogP contribution in [0.1, 0.15) is 39.2 Å². The van der Waals surface area contributed by atoms with Crippen LogP contribution in [0.3, 0.4) is 0 Å². The first-order valence-electron chi connectivity index (χ1n) is 8.54. The van der Waals surface area contributed by atoms with E-state index in [0.717, 1.165) is 38.4 Å². The molecule has 0 amide bonds. The Bertz CT molecular complexity index is 731. The fraction of sp³-hybridized carbons (Fsp3) is 0.556. The van der Waals surface area contributed by atoms with Crippen LogP contribution in [0.15, 0.2) is 29.0 Å². The molecule has 142 valence electrons. The lowest BCUT2D eigenvalue weighted by Crippen LogP contribution is -2.48. The van der Waals surface area contributed by atoms with Gasteiger partial charge in [0.15, 0.2) is 0 Å². The molecule has 8 heteroatoms. The minimum absolute atomic E-state index is 0.0656. The van der Waals surface area contributed by atoms with Crippen molar-refractivity contribution in [3.05, 3.63) is 30.2 Å². The van der Waals surface area contributed by atoms with Crippen LogP contribution in [0, 0.1) is 0 Å². The zero-order valence-corrected chi connectivity index (χ0v) is 15.0. The molecule has 2 heterocycles. The summed E-state index contributed by atoms with van der Waals surface area (Å²) in [4.78, 5) is 2.35. The molecule has 0 aliphatic carbocycles. The Hall–Kier alpha value is -2.09. The van der Waals surface area contributed by atoms with E-state index < -0.39 is 11.7 Å². The Morgan fingerprint density at radius 2 is 1.85 bits per heavy atom. The summed E-state index contributed by atoms with van der Waals surface area (Å²) in [7, 11) is 0. The number of hydrogen-bond donors (Lipinski definition) is 0. The van der Waals surface area contributed by atoms with E-state index in [2.05, 4.69) is 35.9 Å². The topological polar surface area (TPSA) is 51.4 Å². The molecule has 5 nitrogen and oxygen atoms in total. The van der Waals surface area contributed by atoms with Crippen LogP contribution in [0.25, 0.3) is 11.5 Å². The van der Waals surface area contributed by atoms with Crippen LogP contribution in [0.5, 0.6) is 5.75 Å². The highest BCUT2D eigenvalue weighted by atomic mass is 19.4. The molecule has 0 N–H and O–H groups in total. The predicted molar refractivity (Wildman–Crippen MR) is 89.7 cm³/mol. The Labute approximate surface area is 150 Å². The van der Waals surface area contributed by atoms with E-state index in [0.29, 0.717) is 0 Å². The lowest BCUT2D eigenvalue weighted by Gasteiger charge is -2.40. The van der Waals surface area contributed by atoms with Gasteiger partial charge in [-0.25, -0.2) is 0 Å². The number of ether oxygens (including phenoxy) is 1. The third kappa shape index (κ3) is 4.00. The summed E-state index contributed by atoms with van der Waals surface area (Å²) in [6.45, 7) is 8.12. The molecule has 1 saturated heterocycles. The van der Waals surface area contributed by atoms with Gasteiger partial charge in [0.2, 0.25) is 6.39 Å². The molecule has 3 rings (SSSR count). The quantitative estimate of drug-likeness (QED) is 0.803. The molecule has 1 aliphatic rings. The molecule has 0 saturated carbocycles. The number of rotatable bonds is 3. The SMILES string of the molecule is CC(C)(C)N1CCC(Oc2cccc(C(F)(F)F)c2-c2nnco2)CC1. The molecule has 0 bridgehead atoms. The molecule has 1 fully saturated rings. The first kappa shape index (κ1) is 18.7. The third-order valence-electron chi connectivity index (χ3n) is 4.59. The van der Waals surface area contributed by atoms with Crippen molar-refractivity contribution in [2.24, 2.45) is 0 Å². The van der Waals surface area contributed by atoms with Gasteiger partial charge >= 0.3 is 6.18 Å². The molecule has 0 spiro atoms. The van der Waals surface area contributed by atoms with Gasteiger partial charge < -0.3 is 9.15 Å². The van der Waals surface area contributed by atoms with E-state index in [4.69, 9.17) is 9.15 Å². The van der Waals surface area contributed by atoms with E-state index in [1.165, 1.54) is 12.1 Å². The number of aromatic nitrogens is 2. The Morgan fingerprint density at radius 3 is 2.38 bits per heavy atom. The van der Waals surface area contributed by atoms with E-state index in [-0.39, 0.29) is 28.8 Å². The number of benzene rings is 1. The molecule has 0 unspecified atom stereocenters. The Morgan fingerprint density at radius 1 is 1.15 bits per heavy atom. The maximum atomic E-state index is 13.4. The summed E-state index contributed by atoms with van der Waals surface area (Å²) in [6.07, 6.45) is -2.20. The summed E-state index contributed by atoms with van der Waals surface area (Å²) < 4.78 is 51.3. The molecule has 1 aliphatic heterocycles. The average molecular weight is 369 g/mol. The highest BCUT2D eigenvalue weighted by molar-refractivity contribution is 5.68. The fourth-order valence-electron chi connectivity index (χ4n) is 3.19. The maximum Gasteiger partial charge on any atom is 0.417 e. The normalized spacial score (nSPS) is 17.5. The fourth-order valence-corrected chi connectivity index (χ4v) is 3.19. The Kier molecular flexibility index (Phi) is 4.96. The van der Waals surface area contributed by atoms with Crippen LogP contribution < -0.4 is 4.74 Å². The van der Waals surface area contributed by atoms with E-state index in [9.17, 15) is 13.2 Å². The smallest absolute Gasteiger partial charge is 0.417 e. The standard InChI is InChI=1S/C18H22F3N3O2/c1-17(2,3)24-9-7-12(8-10-24)26-14-6-4-5-13(18(19,20)21)15(14)16-23-22-11-25-16/h4-6,11-12H,7-10H2,1-3H3. The van der Waals surface area contributed by atoms with Crippen molar-refractivity contribution in [2.75, 3.05) is 13.1 Å². The summed E-state index contributed by atoms with van der Waals surface area (Å²) in [5.41, 5.74) is -0.974. The molecule has 0 radical (unpaired) electrons. The second-order valence-electron chi connectivity index (χ2n) is 7.40. The van der Waals surface area contributed by atoms with Crippen LogP contribution in [0.2, 0.25) is 0 Å². The summed E-state index contributed by atoms with van der Waals surface area (Å²) in [5.74, 6) is -0.0710. The third-order valence-corrected chi connectivity index (χ3v) is 4.59. The molecule has 0 atom stereocenters. The Balaban J connectivity index is 1.85. The minimum Gasteiger partial charge on any atom is -0.489 e. The monoisotopic (exact) mass is 369 g/mol. The second-order valence-corrected chi connectivity index (χ2v) is 7.40. The van der Waals surface area contributed by atoms with Crippen molar-refractivity contribution >= 4 is 0 Å². The maximum absolute atomic E-state index is 13.4. The van der Waals surface area contributed by atoms with Crippen LogP contribution in [-0.4, -0.2) is 39.8 Å². The number of piperidine rings is 1. The van der Waals surface area contributed by atoms with Gasteiger partial charge in [0.1, 0.15) is 11.9 Å². The van der Waals surface area contributed by atoms with Crippen molar-refractivity contribution in [1.82, 2.24) is 15.1 Å². The zero-order valence-electron chi connectivity index (χ0n) is 15.0. The lowest BCUT2D eigenvalue weighted by molar-refractivity contribution is -0.137. The first-order valence-corrected chi connectivity index (χ1v) is 8.54. The summed E-state index contributed by atoms with van der Waals surface area (Å²) in [5, 5.41) is 7.15. The van der Waals surface area contributed by atoms with E-state index in [1.54, 1.807) is 0 Å². The van der Waals surface area contributed by atoms with Crippen LogP contribution in [-0.2, 0) is 6.18 Å². The van der Waals surface area contributed by atoms with Gasteiger partial charge in [0.05, 0.1) is 11.1 Å². The van der Waals surface area contributed by atoms with Gasteiger partial charge in [-0.1, -0.05) is 6.07 Å². The van der Waals surface area contributed by atoms with Gasteiger partial charge in [-0.3, -0.25) is 4.90 Å². The van der Waals surface area contributed by atoms with Crippen molar-refractivity contribution < 1.29 is 22.3 Å². The lowest BCUT2D eigenvalue weighted by atomic mass is 9.99. The second kappa shape index (κ2) is 6.90. The minimum atomic E-state index is -4.54. The number of nitrogens with zero attached hydrogens (tertiary/aromatic N) is 3. The van der Waals surface area contributed by atoms with Crippen molar-refractivity contribution in [3.63, 3.8) is 0 Å². The predicted octanol–water partition coefficient (Wildman–Crippen LogP) is 4.40. The van der Waals surface area contributed by atoms with Gasteiger partial charge in [0.25, 0.3) is 5.89 Å². The van der Waals surface area contributed by atoms with Crippen molar-refractivity contribution in [2.45, 2.75) is 51.4 Å². The number of halogens is 3.